The molecule has 2 aromatic rings. The fourth-order valence-corrected chi connectivity index (χ4v) is 3.04. The smallest absolute Gasteiger partial charge is 0.229 e. The van der Waals surface area contributed by atoms with E-state index in [2.05, 4.69) is 10.6 Å². The quantitative estimate of drug-likeness (QED) is 0.829. The third-order valence-electron chi connectivity index (χ3n) is 4.41. The number of rotatable bonds is 5. The van der Waals surface area contributed by atoms with Crippen LogP contribution in [0.2, 0.25) is 0 Å². The Morgan fingerprint density at radius 3 is 2.68 bits per heavy atom. The molecule has 0 aromatic heterocycles. The first-order valence-electron chi connectivity index (χ1n) is 8.70. The molecular formula is C20H20FN3O4. The average molecular weight is 385 g/mol. The largest absolute Gasteiger partial charge is 0.497 e. The Morgan fingerprint density at radius 2 is 1.96 bits per heavy atom. The molecule has 1 heterocycles. The van der Waals surface area contributed by atoms with Gasteiger partial charge in [0.25, 0.3) is 0 Å². The number of benzene rings is 2. The van der Waals surface area contributed by atoms with E-state index in [0.717, 1.165) is 6.07 Å². The molecule has 1 atom stereocenters. The number of nitrogens with zero attached hydrogens (tertiary/aromatic N) is 1. The van der Waals surface area contributed by atoms with Crippen LogP contribution in [0.5, 0.6) is 5.75 Å². The van der Waals surface area contributed by atoms with Crippen LogP contribution < -0.4 is 20.3 Å². The standard InChI is InChI=1S/C20H20FN3O4/c1-12(25)22-18-9-14(6-7-17(18)21)23-20(27)13-8-19(26)24(11-13)15-4-3-5-16(10-15)28-2/h3-7,9-10,13H,8,11H2,1-2H3,(H,22,25)(H,23,27). The highest BCUT2D eigenvalue weighted by Gasteiger charge is 2.35. The van der Waals surface area contributed by atoms with Crippen LogP contribution >= 0.6 is 0 Å². The van der Waals surface area contributed by atoms with Crippen molar-refractivity contribution < 1.29 is 23.5 Å². The average Bonchev–Trinajstić information content (AvgIpc) is 3.06. The molecular weight excluding hydrogens is 365 g/mol. The lowest BCUT2D eigenvalue weighted by molar-refractivity contribution is -0.122. The summed E-state index contributed by atoms with van der Waals surface area (Å²) in [7, 11) is 1.54. The summed E-state index contributed by atoms with van der Waals surface area (Å²) in [4.78, 5) is 37.6. The minimum Gasteiger partial charge on any atom is -0.497 e. The number of methoxy groups -OCH3 is 1. The Morgan fingerprint density at radius 1 is 1.18 bits per heavy atom. The Hall–Kier alpha value is -3.42. The maximum Gasteiger partial charge on any atom is 0.229 e. The number of amides is 3. The molecule has 1 aliphatic rings. The van der Waals surface area contributed by atoms with Crippen LogP contribution in [0.4, 0.5) is 21.5 Å². The minimum atomic E-state index is -0.603. The second kappa shape index (κ2) is 8.08. The van der Waals surface area contributed by atoms with E-state index in [1.165, 1.54) is 19.1 Å². The van der Waals surface area contributed by atoms with Gasteiger partial charge in [0.05, 0.1) is 18.7 Å². The van der Waals surface area contributed by atoms with Gasteiger partial charge in [0.2, 0.25) is 17.7 Å². The topological polar surface area (TPSA) is 87.7 Å². The van der Waals surface area contributed by atoms with E-state index in [0.29, 0.717) is 17.1 Å². The molecule has 28 heavy (non-hydrogen) atoms. The van der Waals surface area contributed by atoms with Crippen molar-refractivity contribution in [2.45, 2.75) is 13.3 Å². The molecule has 7 nitrogen and oxygen atoms in total. The zero-order chi connectivity index (χ0) is 20.3. The van der Waals surface area contributed by atoms with Crippen LogP contribution in [0.25, 0.3) is 0 Å². The minimum absolute atomic E-state index is 0.0224. The summed E-state index contributed by atoms with van der Waals surface area (Å²) in [6.45, 7) is 1.50. The third kappa shape index (κ3) is 4.28. The van der Waals surface area contributed by atoms with Crippen molar-refractivity contribution in [1.82, 2.24) is 0 Å². The van der Waals surface area contributed by atoms with Gasteiger partial charge in [-0.3, -0.25) is 14.4 Å². The molecule has 146 valence electrons. The highest BCUT2D eigenvalue weighted by Crippen LogP contribution is 2.29. The summed E-state index contributed by atoms with van der Waals surface area (Å²) in [5.41, 5.74) is 0.975. The summed E-state index contributed by atoms with van der Waals surface area (Å²) < 4.78 is 18.9. The number of halogens is 1. The van der Waals surface area contributed by atoms with E-state index in [1.54, 1.807) is 36.3 Å². The number of hydrogen-bond acceptors (Lipinski definition) is 4. The van der Waals surface area contributed by atoms with Crippen molar-refractivity contribution >= 4 is 34.8 Å². The number of hydrogen-bond donors (Lipinski definition) is 2. The summed E-state index contributed by atoms with van der Waals surface area (Å²) >= 11 is 0. The number of ether oxygens (including phenoxy) is 1. The zero-order valence-corrected chi connectivity index (χ0v) is 15.5. The van der Waals surface area contributed by atoms with Crippen molar-refractivity contribution in [3.05, 3.63) is 48.3 Å². The zero-order valence-electron chi connectivity index (χ0n) is 15.5. The van der Waals surface area contributed by atoms with Gasteiger partial charge in [-0.15, -0.1) is 0 Å². The Balaban J connectivity index is 1.70. The van der Waals surface area contributed by atoms with E-state index in [4.69, 9.17) is 4.74 Å². The van der Waals surface area contributed by atoms with Gasteiger partial charge in [0.1, 0.15) is 11.6 Å². The van der Waals surface area contributed by atoms with Gasteiger partial charge in [-0.1, -0.05) is 6.07 Å². The Bertz CT molecular complexity index is 931. The van der Waals surface area contributed by atoms with E-state index in [9.17, 15) is 18.8 Å². The molecule has 0 radical (unpaired) electrons. The highest BCUT2D eigenvalue weighted by molar-refractivity contribution is 6.03. The maximum absolute atomic E-state index is 13.7. The molecule has 1 unspecified atom stereocenters. The molecule has 1 saturated heterocycles. The van der Waals surface area contributed by atoms with Gasteiger partial charge in [-0.05, 0) is 30.3 Å². The van der Waals surface area contributed by atoms with Crippen molar-refractivity contribution in [3.8, 4) is 5.75 Å². The summed E-state index contributed by atoms with van der Waals surface area (Å²) in [6, 6.07) is 11.0. The monoisotopic (exact) mass is 385 g/mol. The number of carbonyl (C=O) groups is 3. The molecule has 3 amide bonds. The molecule has 0 saturated carbocycles. The molecule has 0 bridgehead atoms. The Kier molecular flexibility index (Phi) is 5.58. The van der Waals surface area contributed by atoms with Crippen LogP contribution in [0.1, 0.15) is 13.3 Å². The first kappa shape index (κ1) is 19.3. The van der Waals surface area contributed by atoms with Crippen molar-refractivity contribution in [2.24, 2.45) is 5.92 Å². The van der Waals surface area contributed by atoms with Gasteiger partial charge in [0, 0.05) is 37.3 Å². The first-order chi connectivity index (χ1) is 13.4. The summed E-state index contributed by atoms with van der Waals surface area (Å²) in [5.74, 6) is -1.46. The second-order valence-electron chi connectivity index (χ2n) is 6.47. The predicted molar refractivity (Wildman–Crippen MR) is 103 cm³/mol. The summed E-state index contributed by atoms with van der Waals surface area (Å²) in [6.07, 6.45) is 0.0722. The lowest BCUT2D eigenvalue weighted by Gasteiger charge is -2.17. The first-order valence-corrected chi connectivity index (χ1v) is 8.70. The van der Waals surface area contributed by atoms with Crippen LogP contribution in [-0.2, 0) is 14.4 Å². The molecule has 0 aliphatic carbocycles. The van der Waals surface area contributed by atoms with E-state index < -0.39 is 17.6 Å². The van der Waals surface area contributed by atoms with Crippen LogP contribution in [0.3, 0.4) is 0 Å². The molecule has 3 rings (SSSR count). The van der Waals surface area contributed by atoms with Gasteiger partial charge >= 0.3 is 0 Å². The molecule has 2 aromatic carbocycles. The molecule has 1 fully saturated rings. The van der Waals surface area contributed by atoms with Crippen LogP contribution in [0.15, 0.2) is 42.5 Å². The summed E-state index contributed by atoms with van der Waals surface area (Å²) in [5, 5.41) is 5.04. The highest BCUT2D eigenvalue weighted by atomic mass is 19.1. The maximum atomic E-state index is 13.7. The number of anilines is 3. The lowest BCUT2D eigenvalue weighted by atomic mass is 10.1. The molecule has 2 N–H and O–H groups in total. The normalized spacial score (nSPS) is 16.0. The SMILES string of the molecule is COc1cccc(N2CC(C(=O)Nc3ccc(F)c(NC(C)=O)c3)CC2=O)c1. The van der Waals surface area contributed by atoms with Crippen LogP contribution in [-0.4, -0.2) is 31.4 Å². The van der Waals surface area contributed by atoms with Crippen molar-refractivity contribution in [1.29, 1.82) is 0 Å². The van der Waals surface area contributed by atoms with E-state index in [-0.39, 0.29) is 30.5 Å². The third-order valence-corrected chi connectivity index (χ3v) is 4.41. The van der Waals surface area contributed by atoms with Crippen molar-refractivity contribution in [2.75, 3.05) is 29.2 Å². The lowest BCUT2D eigenvalue weighted by Crippen LogP contribution is -2.28. The molecule has 8 heteroatoms. The number of carbonyl (C=O) groups excluding carboxylic acids is 3. The van der Waals surface area contributed by atoms with E-state index >= 15 is 0 Å². The van der Waals surface area contributed by atoms with Gasteiger partial charge in [-0.2, -0.15) is 0 Å². The fraction of sp³-hybridized carbons (Fsp3) is 0.250. The van der Waals surface area contributed by atoms with Gasteiger partial charge < -0.3 is 20.3 Å². The van der Waals surface area contributed by atoms with E-state index in [1.807, 2.05) is 0 Å². The fourth-order valence-electron chi connectivity index (χ4n) is 3.04. The predicted octanol–water partition coefficient (Wildman–Crippen LogP) is 2.78. The van der Waals surface area contributed by atoms with Gasteiger partial charge in [-0.25, -0.2) is 4.39 Å². The van der Waals surface area contributed by atoms with Crippen LogP contribution in [0, 0.1) is 11.7 Å². The Labute approximate surface area is 161 Å². The second-order valence-corrected chi connectivity index (χ2v) is 6.47. The van der Waals surface area contributed by atoms with Crippen molar-refractivity contribution in [3.63, 3.8) is 0 Å². The molecule has 0 spiro atoms. The number of nitrogens with one attached hydrogen (secondary N) is 2. The molecule has 1 aliphatic heterocycles. The van der Waals surface area contributed by atoms with Gasteiger partial charge in [0.15, 0.2) is 0 Å².